The van der Waals surface area contributed by atoms with Gasteiger partial charge in [0.15, 0.2) is 17.2 Å². The molecule has 1 unspecified atom stereocenters. The Labute approximate surface area is 183 Å². The third-order valence-corrected chi connectivity index (χ3v) is 6.78. The summed E-state index contributed by atoms with van der Waals surface area (Å²) in [6.07, 6.45) is 2.27. The summed E-state index contributed by atoms with van der Waals surface area (Å²) in [6, 6.07) is 3.56. The molecule has 0 radical (unpaired) electrons. The van der Waals surface area contributed by atoms with Crippen LogP contribution in [0.5, 0.6) is 0 Å². The van der Waals surface area contributed by atoms with E-state index in [0.717, 1.165) is 29.6 Å². The average Bonchev–Trinajstić information content (AvgIpc) is 3.39. The summed E-state index contributed by atoms with van der Waals surface area (Å²) in [4.78, 5) is 17.0. The van der Waals surface area contributed by atoms with Crippen LogP contribution in [0.25, 0.3) is 11.0 Å². The molecule has 4 rings (SSSR count). The van der Waals surface area contributed by atoms with E-state index >= 15 is 0 Å². The number of aromatic nitrogens is 3. The molecule has 2 N–H and O–H groups in total. The standard InChI is InChI=1S/C21H22F2N4O4S/c1-2-7-32(29,30)27-16-4-3-15(22)18(19(16)23)17(28)9-12-8-14-20(13-5-6-31-11-13)25-26-21(14)24-10-12/h3-4,8,10,13,27H,2,5-7,9,11H2,1H3,(H,24,25,26). The van der Waals surface area contributed by atoms with E-state index in [1.165, 1.54) is 6.20 Å². The highest BCUT2D eigenvalue weighted by Gasteiger charge is 2.25. The van der Waals surface area contributed by atoms with Crippen LogP contribution in [0.2, 0.25) is 0 Å². The monoisotopic (exact) mass is 464 g/mol. The Balaban J connectivity index is 1.62. The fourth-order valence-electron chi connectivity index (χ4n) is 3.78. The molecule has 1 atom stereocenters. The van der Waals surface area contributed by atoms with Crippen molar-refractivity contribution in [2.45, 2.75) is 32.1 Å². The van der Waals surface area contributed by atoms with Gasteiger partial charge >= 0.3 is 0 Å². The highest BCUT2D eigenvalue weighted by Crippen LogP contribution is 2.30. The number of ketones is 1. The van der Waals surface area contributed by atoms with Crippen molar-refractivity contribution in [2.75, 3.05) is 23.7 Å². The van der Waals surface area contributed by atoms with Gasteiger partial charge in [0.05, 0.1) is 29.3 Å². The number of hydrogen-bond donors (Lipinski definition) is 2. The number of Topliss-reactive ketones (excluding diaryl/α,β-unsaturated/α-hetero) is 1. The number of pyridine rings is 1. The summed E-state index contributed by atoms with van der Waals surface area (Å²) in [5.74, 6) is -3.22. The number of carbonyl (C=O) groups is 1. The van der Waals surface area contributed by atoms with Crippen molar-refractivity contribution in [2.24, 2.45) is 0 Å². The van der Waals surface area contributed by atoms with Crippen LogP contribution >= 0.6 is 0 Å². The Hall–Kier alpha value is -2.92. The summed E-state index contributed by atoms with van der Waals surface area (Å²) in [5.41, 5.74) is 0.533. The number of ether oxygens (including phenoxy) is 1. The SMILES string of the molecule is CCCS(=O)(=O)Nc1ccc(F)c(C(=O)Cc2cnc3n[nH]c(C4CCOC4)c3c2)c1F. The van der Waals surface area contributed by atoms with Crippen molar-refractivity contribution in [1.82, 2.24) is 15.2 Å². The lowest BCUT2D eigenvalue weighted by Gasteiger charge is -2.11. The lowest BCUT2D eigenvalue weighted by Crippen LogP contribution is -2.19. The van der Waals surface area contributed by atoms with E-state index in [4.69, 9.17) is 4.74 Å². The first-order valence-corrected chi connectivity index (χ1v) is 11.9. The van der Waals surface area contributed by atoms with Crippen molar-refractivity contribution in [3.05, 3.63) is 52.9 Å². The van der Waals surface area contributed by atoms with E-state index in [0.29, 0.717) is 30.8 Å². The Morgan fingerprint density at radius 3 is 2.88 bits per heavy atom. The van der Waals surface area contributed by atoms with E-state index < -0.39 is 38.7 Å². The lowest BCUT2D eigenvalue weighted by atomic mass is 9.99. The first-order chi connectivity index (χ1) is 15.3. The van der Waals surface area contributed by atoms with Gasteiger partial charge in [-0.3, -0.25) is 14.6 Å². The number of benzene rings is 1. The van der Waals surface area contributed by atoms with E-state index in [9.17, 15) is 22.0 Å². The van der Waals surface area contributed by atoms with Crippen LogP contribution < -0.4 is 4.72 Å². The minimum Gasteiger partial charge on any atom is -0.381 e. The molecule has 11 heteroatoms. The van der Waals surface area contributed by atoms with Gasteiger partial charge in [-0.2, -0.15) is 5.10 Å². The Morgan fingerprint density at radius 1 is 1.34 bits per heavy atom. The zero-order valence-electron chi connectivity index (χ0n) is 17.3. The summed E-state index contributed by atoms with van der Waals surface area (Å²) in [5, 5.41) is 7.86. The Bertz CT molecular complexity index is 1270. The number of H-pyrrole nitrogens is 1. The molecule has 3 heterocycles. The maximum absolute atomic E-state index is 14.9. The van der Waals surface area contributed by atoms with Gasteiger partial charge in [-0.1, -0.05) is 6.92 Å². The largest absolute Gasteiger partial charge is 0.381 e. The molecular formula is C21H22F2N4O4S. The van der Waals surface area contributed by atoms with Gasteiger partial charge in [0.25, 0.3) is 0 Å². The van der Waals surface area contributed by atoms with Crippen LogP contribution in [0, 0.1) is 11.6 Å². The maximum atomic E-state index is 14.9. The van der Waals surface area contributed by atoms with Gasteiger partial charge in [0.1, 0.15) is 5.82 Å². The van der Waals surface area contributed by atoms with Crippen LogP contribution in [0.1, 0.15) is 47.3 Å². The number of halogens is 2. The molecule has 0 bridgehead atoms. The van der Waals surface area contributed by atoms with E-state index in [1.807, 2.05) is 0 Å². The normalized spacial score (nSPS) is 16.5. The highest BCUT2D eigenvalue weighted by atomic mass is 32.2. The molecule has 1 aliphatic heterocycles. The van der Waals surface area contributed by atoms with Crippen molar-refractivity contribution >= 4 is 32.5 Å². The molecule has 170 valence electrons. The predicted octanol–water partition coefficient (Wildman–Crippen LogP) is 3.32. The Kier molecular flexibility index (Phi) is 6.20. The molecule has 1 fully saturated rings. The van der Waals surface area contributed by atoms with Crippen molar-refractivity contribution < 1.29 is 26.7 Å². The van der Waals surface area contributed by atoms with E-state index in [-0.39, 0.29) is 18.1 Å². The molecule has 1 aliphatic rings. The number of aromatic amines is 1. The molecule has 0 saturated carbocycles. The third kappa shape index (κ3) is 4.49. The maximum Gasteiger partial charge on any atom is 0.232 e. The number of carbonyl (C=O) groups excluding carboxylic acids is 1. The number of anilines is 1. The third-order valence-electron chi connectivity index (χ3n) is 5.31. The van der Waals surface area contributed by atoms with Crippen LogP contribution in [-0.4, -0.2) is 48.3 Å². The van der Waals surface area contributed by atoms with Crippen molar-refractivity contribution in [1.29, 1.82) is 0 Å². The van der Waals surface area contributed by atoms with Crippen molar-refractivity contribution in [3.63, 3.8) is 0 Å². The van der Waals surface area contributed by atoms with Gasteiger partial charge in [-0.05, 0) is 36.6 Å². The fraction of sp³-hybridized carbons (Fsp3) is 0.381. The van der Waals surface area contributed by atoms with Crippen LogP contribution in [0.3, 0.4) is 0 Å². The summed E-state index contributed by atoms with van der Waals surface area (Å²) < 4.78 is 60.7. The van der Waals surface area contributed by atoms with Crippen LogP contribution in [-0.2, 0) is 21.2 Å². The zero-order chi connectivity index (χ0) is 22.9. The minimum atomic E-state index is -3.81. The molecule has 8 nitrogen and oxygen atoms in total. The van der Waals surface area contributed by atoms with Gasteiger partial charge < -0.3 is 4.74 Å². The second-order valence-electron chi connectivity index (χ2n) is 7.72. The first-order valence-electron chi connectivity index (χ1n) is 10.2. The number of hydrogen-bond acceptors (Lipinski definition) is 6. The molecule has 1 aromatic carbocycles. The molecule has 0 spiro atoms. The smallest absolute Gasteiger partial charge is 0.232 e. The summed E-state index contributed by atoms with van der Waals surface area (Å²) >= 11 is 0. The highest BCUT2D eigenvalue weighted by molar-refractivity contribution is 7.92. The quantitative estimate of drug-likeness (QED) is 0.495. The summed E-state index contributed by atoms with van der Waals surface area (Å²) in [7, 11) is -3.81. The number of nitrogens with one attached hydrogen (secondary N) is 2. The lowest BCUT2D eigenvalue weighted by molar-refractivity contribution is 0.0985. The molecule has 0 aliphatic carbocycles. The molecule has 1 saturated heterocycles. The summed E-state index contributed by atoms with van der Waals surface area (Å²) in [6.45, 7) is 2.86. The molecular weight excluding hydrogens is 442 g/mol. The molecule has 32 heavy (non-hydrogen) atoms. The zero-order valence-corrected chi connectivity index (χ0v) is 18.1. The van der Waals surface area contributed by atoms with Crippen molar-refractivity contribution in [3.8, 4) is 0 Å². The predicted molar refractivity (Wildman–Crippen MR) is 114 cm³/mol. The number of fused-ring (bicyclic) bond motifs is 1. The second-order valence-corrected chi connectivity index (χ2v) is 9.56. The van der Waals surface area contributed by atoms with E-state index in [2.05, 4.69) is 19.9 Å². The van der Waals surface area contributed by atoms with E-state index in [1.54, 1.807) is 13.0 Å². The van der Waals surface area contributed by atoms with Crippen LogP contribution in [0.15, 0.2) is 24.4 Å². The number of rotatable bonds is 8. The fourth-order valence-corrected chi connectivity index (χ4v) is 4.91. The van der Waals surface area contributed by atoms with Crippen LogP contribution in [0.4, 0.5) is 14.5 Å². The van der Waals surface area contributed by atoms with Gasteiger partial charge in [0, 0.05) is 30.5 Å². The average molecular weight is 464 g/mol. The van der Waals surface area contributed by atoms with Gasteiger partial charge in [-0.15, -0.1) is 0 Å². The second kappa shape index (κ2) is 8.91. The van der Waals surface area contributed by atoms with Gasteiger partial charge in [0.2, 0.25) is 10.0 Å². The Morgan fingerprint density at radius 2 is 2.16 bits per heavy atom. The number of sulfonamides is 1. The number of nitrogens with zero attached hydrogens (tertiary/aromatic N) is 2. The first kappa shape index (κ1) is 22.3. The van der Waals surface area contributed by atoms with Gasteiger partial charge in [-0.25, -0.2) is 22.2 Å². The molecule has 0 amide bonds. The molecule has 2 aromatic heterocycles. The minimum absolute atomic E-state index is 0.135. The topological polar surface area (TPSA) is 114 Å². The molecule has 3 aromatic rings.